The van der Waals surface area contributed by atoms with Crippen molar-refractivity contribution in [3.8, 4) is 0 Å². The van der Waals surface area contributed by atoms with Gasteiger partial charge in [0.05, 0.1) is 6.42 Å². The van der Waals surface area contributed by atoms with E-state index < -0.39 is 43.9 Å². The molecule has 1 aliphatic heterocycles. The Kier molecular flexibility index (Phi) is 5.64. The third-order valence-corrected chi connectivity index (χ3v) is 6.65. The van der Waals surface area contributed by atoms with Gasteiger partial charge < -0.3 is 4.90 Å². The summed E-state index contributed by atoms with van der Waals surface area (Å²) in [6.07, 6.45) is 0.177. The molecule has 2 aromatic carbocycles. The molecule has 0 aliphatic carbocycles. The van der Waals surface area contributed by atoms with Gasteiger partial charge in [-0.3, -0.25) is 9.59 Å². The first kappa shape index (κ1) is 21.2. The van der Waals surface area contributed by atoms with Crippen molar-refractivity contribution in [1.82, 2.24) is 9.62 Å². The van der Waals surface area contributed by atoms with Gasteiger partial charge in [-0.1, -0.05) is 29.8 Å². The average Bonchev–Trinajstić information content (AvgIpc) is 2.61. The van der Waals surface area contributed by atoms with Crippen LogP contribution in [0, 0.1) is 11.6 Å². The van der Waals surface area contributed by atoms with Crippen LogP contribution in [0.25, 0.3) is 0 Å². The molecule has 1 saturated heterocycles. The second-order valence-electron chi connectivity index (χ2n) is 6.85. The van der Waals surface area contributed by atoms with E-state index in [1.807, 2.05) is 0 Å². The lowest BCUT2D eigenvalue weighted by molar-refractivity contribution is -0.156. The molecular formula is C19H17ClF2N2O4S. The van der Waals surface area contributed by atoms with Crippen LogP contribution in [0.1, 0.15) is 18.9 Å². The highest BCUT2D eigenvalue weighted by Crippen LogP contribution is 2.32. The Balaban J connectivity index is 1.76. The predicted octanol–water partition coefficient (Wildman–Crippen LogP) is 2.66. The van der Waals surface area contributed by atoms with Crippen molar-refractivity contribution >= 4 is 33.4 Å². The molecule has 29 heavy (non-hydrogen) atoms. The van der Waals surface area contributed by atoms with E-state index in [1.165, 1.54) is 11.8 Å². The number of nitrogens with one attached hydrogen (secondary N) is 1. The van der Waals surface area contributed by atoms with E-state index >= 15 is 0 Å². The summed E-state index contributed by atoms with van der Waals surface area (Å²) in [6, 6.07) is 8.66. The molecule has 1 atom stereocenters. The van der Waals surface area contributed by atoms with Gasteiger partial charge in [-0.15, -0.1) is 0 Å². The van der Waals surface area contributed by atoms with E-state index in [0.29, 0.717) is 16.7 Å². The summed E-state index contributed by atoms with van der Waals surface area (Å²) in [5.74, 6) is -3.64. The van der Waals surface area contributed by atoms with Crippen LogP contribution >= 0.6 is 11.6 Å². The summed E-state index contributed by atoms with van der Waals surface area (Å²) >= 11 is 6.06. The van der Waals surface area contributed by atoms with E-state index in [4.69, 9.17) is 11.6 Å². The average molecular weight is 443 g/mol. The van der Waals surface area contributed by atoms with Gasteiger partial charge in [-0.05, 0) is 37.1 Å². The first-order valence-electron chi connectivity index (χ1n) is 8.61. The number of benzene rings is 2. The van der Waals surface area contributed by atoms with Crippen molar-refractivity contribution in [3.05, 3.63) is 64.7 Å². The summed E-state index contributed by atoms with van der Waals surface area (Å²) in [7, 11) is -4.58. The van der Waals surface area contributed by atoms with E-state index in [1.54, 1.807) is 29.0 Å². The number of hydrogen-bond donors (Lipinski definition) is 1. The first-order chi connectivity index (χ1) is 13.5. The zero-order valence-corrected chi connectivity index (χ0v) is 16.9. The van der Waals surface area contributed by atoms with Crippen LogP contribution in [0.4, 0.5) is 8.78 Å². The van der Waals surface area contributed by atoms with Crippen LogP contribution in [0.2, 0.25) is 5.02 Å². The van der Waals surface area contributed by atoms with Gasteiger partial charge in [-0.25, -0.2) is 21.9 Å². The van der Waals surface area contributed by atoms with E-state index in [2.05, 4.69) is 0 Å². The monoisotopic (exact) mass is 442 g/mol. The smallest absolute Gasteiger partial charge is 0.267 e. The number of carbonyl (C=O) groups excluding carboxylic acids is 2. The lowest BCUT2D eigenvalue weighted by Crippen LogP contribution is -2.68. The standard InChI is InChI=1S/C19H17ClF2N2O4S/c1-19(8-9-24(19)17(25)10-12-4-2-3-5-14(12)20)18(26)23-29(27,28)16-7-6-13(21)11-15(16)22/h2-7,11H,8-10H2,1H3,(H,23,26). The van der Waals surface area contributed by atoms with Crippen molar-refractivity contribution in [2.75, 3.05) is 6.54 Å². The van der Waals surface area contributed by atoms with Gasteiger partial charge in [0, 0.05) is 17.6 Å². The molecule has 1 N–H and O–H groups in total. The van der Waals surface area contributed by atoms with Gasteiger partial charge in [0.25, 0.3) is 15.9 Å². The highest BCUT2D eigenvalue weighted by molar-refractivity contribution is 7.90. The van der Waals surface area contributed by atoms with Crippen molar-refractivity contribution in [2.24, 2.45) is 0 Å². The fourth-order valence-electron chi connectivity index (χ4n) is 3.08. The number of sulfonamides is 1. The number of carbonyl (C=O) groups is 2. The number of amides is 2. The molecule has 0 spiro atoms. The van der Waals surface area contributed by atoms with Crippen molar-refractivity contribution in [1.29, 1.82) is 0 Å². The maximum atomic E-state index is 13.8. The van der Waals surface area contributed by atoms with Crippen LogP contribution in [0.5, 0.6) is 0 Å². The van der Waals surface area contributed by atoms with E-state index in [-0.39, 0.29) is 19.4 Å². The number of halogens is 3. The van der Waals surface area contributed by atoms with Crippen LogP contribution in [0.15, 0.2) is 47.4 Å². The Morgan fingerprint density at radius 3 is 2.48 bits per heavy atom. The van der Waals surface area contributed by atoms with Crippen molar-refractivity contribution < 1.29 is 26.8 Å². The molecule has 0 bridgehead atoms. The molecule has 10 heteroatoms. The maximum absolute atomic E-state index is 13.8. The molecule has 0 aromatic heterocycles. The number of hydrogen-bond acceptors (Lipinski definition) is 4. The molecule has 1 heterocycles. The second-order valence-corrected chi connectivity index (χ2v) is 8.90. The molecule has 3 rings (SSSR count). The van der Waals surface area contributed by atoms with Gasteiger partial charge in [0.2, 0.25) is 5.91 Å². The van der Waals surface area contributed by atoms with E-state index in [0.717, 1.165) is 12.1 Å². The summed E-state index contributed by atoms with van der Waals surface area (Å²) in [5.41, 5.74) is -0.836. The predicted molar refractivity (Wildman–Crippen MR) is 102 cm³/mol. The van der Waals surface area contributed by atoms with Gasteiger partial charge in [0.15, 0.2) is 0 Å². The molecule has 2 aromatic rings. The summed E-state index contributed by atoms with van der Waals surface area (Å²) in [4.78, 5) is 25.7. The minimum absolute atomic E-state index is 0.0537. The Labute approximate surface area is 171 Å². The first-order valence-corrected chi connectivity index (χ1v) is 10.5. The Hall–Kier alpha value is -2.52. The topological polar surface area (TPSA) is 83.6 Å². The number of nitrogens with zero attached hydrogens (tertiary/aromatic N) is 1. The molecule has 1 fully saturated rings. The highest BCUT2D eigenvalue weighted by Gasteiger charge is 2.50. The van der Waals surface area contributed by atoms with Crippen LogP contribution in [-0.2, 0) is 26.0 Å². The zero-order valence-electron chi connectivity index (χ0n) is 15.3. The molecule has 1 unspecified atom stereocenters. The third kappa shape index (κ3) is 4.11. The summed E-state index contributed by atoms with van der Waals surface area (Å²) in [5, 5.41) is 0.405. The van der Waals surface area contributed by atoms with Gasteiger partial charge in [0.1, 0.15) is 22.1 Å². The lowest BCUT2D eigenvalue weighted by Gasteiger charge is -2.49. The lowest BCUT2D eigenvalue weighted by atomic mass is 9.85. The Morgan fingerprint density at radius 1 is 1.21 bits per heavy atom. The molecule has 1 aliphatic rings. The highest BCUT2D eigenvalue weighted by atomic mass is 35.5. The molecule has 6 nitrogen and oxygen atoms in total. The summed E-state index contributed by atoms with van der Waals surface area (Å²) in [6.45, 7) is 1.69. The third-order valence-electron chi connectivity index (χ3n) is 4.92. The van der Waals surface area contributed by atoms with Gasteiger partial charge >= 0.3 is 0 Å². The van der Waals surface area contributed by atoms with Crippen molar-refractivity contribution in [3.63, 3.8) is 0 Å². The summed E-state index contributed by atoms with van der Waals surface area (Å²) < 4.78 is 53.4. The molecule has 0 saturated carbocycles. The molecule has 2 amide bonds. The molecule has 154 valence electrons. The van der Waals surface area contributed by atoms with Crippen LogP contribution < -0.4 is 4.72 Å². The fourth-order valence-corrected chi connectivity index (χ4v) is 4.41. The minimum Gasteiger partial charge on any atom is -0.328 e. The largest absolute Gasteiger partial charge is 0.328 e. The Bertz CT molecular complexity index is 1090. The zero-order chi connectivity index (χ0) is 21.4. The number of likely N-dealkylation sites (tertiary alicyclic amines) is 1. The fraction of sp³-hybridized carbons (Fsp3) is 0.263. The van der Waals surface area contributed by atoms with Crippen LogP contribution in [-0.4, -0.2) is 37.2 Å². The normalized spacial score (nSPS) is 18.8. The van der Waals surface area contributed by atoms with Crippen LogP contribution in [0.3, 0.4) is 0 Å². The minimum atomic E-state index is -4.58. The molecule has 0 radical (unpaired) electrons. The Morgan fingerprint density at radius 2 is 1.90 bits per heavy atom. The second kappa shape index (κ2) is 7.72. The maximum Gasteiger partial charge on any atom is 0.267 e. The van der Waals surface area contributed by atoms with Gasteiger partial charge in [-0.2, -0.15) is 0 Å². The molecular weight excluding hydrogens is 426 g/mol. The van der Waals surface area contributed by atoms with E-state index in [9.17, 15) is 26.8 Å². The quantitative estimate of drug-likeness (QED) is 0.771. The SMILES string of the molecule is CC1(C(=O)NS(=O)(=O)c2ccc(F)cc2F)CCN1C(=O)Cc1ccccc1Cl. The van der Waals surface area contributed by atoms with Crippen molar-refractivity contribution in [2.45, 2.75) is 30.2 Å². The number of rotatable bonds is 5.